The standard InChI is InChI=1S/C11H12ClNO5/c1-6(2)10(11(14)15)18-7-3-4-9(13(16)17)8(12)5-7/h3-6,10H,1-2H3,(H,14,15). The Morgan fingerprint density at radius 1 is 1.50 bits per heavy atom. The van der Waals surface area contributed by atoms with Gasteiger partial charge in [-0.2, -0.15) is 0 Å². The summed E-state index contributed by atoms with van der Waals surface area (Å²) in [6, 6.07) is 3.73. The molecule has 18 heavy (non-hydrogen) atoms. The highest BCUT2D eigenvalue weighted by Gasteiger charge is 2.24. The van der Waals surface area contributed by atoms with Crippen molar-refractivity contribution in [2.24, 2.45) is 5.92 Å². The monoisotopic (exact) mass is 273 g/mol. The molecule has 0 aliphatic rings. The number of hydrogen-bond acceptors (Lipinski definition) is 4. The van der Waals surface area contributed by atoms with Crippen LogP contribution >= 0.6 is 11.6 Å². The molecule has 0 amide bonds. The smallest absolute Gasteiger partial charge is 0.345 e. The molecular formula is C11H12ClNO5. The molecule has 0 saturated heterocycles. The highest BCUT2D eigenvalue weighted by atomic mass is 35.5. The molecule has 0 aromatic heterocycles. The fourth-order valence-electron chi connectivity index (χ4n) is 1.33. The number of hydrogen-bond donors (Lipinski definition) is 1. The second-order valence-electron chi connectivity index (χ2n) is 3.99. The number of nitro benzene ring substituents is 1. The van der Waals surface area contributed by atoms with Crippen molar-refractivity contribution in [2.45, 2.75) is 20.0 Å². The summed E-state index contributed by atoms with van der Waals surface area (Å²) in [5, 5.41) is 19.4. The molecule has 0 bridgehead atoms. The van der Waals surface area contributed by atoms with Crippen LogP contribution in [0.3, 0.4) is 0 Å². The van der Waals surface area contributed by atoms with Gasteiger partial charge in [-0.15, -0.1) is 0 Å². The van der Waals surface area contributed by atoms with Crippen LogP contribution in [-0.2, 0) is 4.79 Å². The molecule has 0 radical (unpaired) electrons. The van der Waals surface area contributed by atoms with Crippen LogP contribution in [0.25, 0.3) is 0 Å². The third-order valence-corrected chi connectivity index (χ3v) is 2.53. The topological polar surface area (TPSA) is 89.7 Å². The zero-order valence-electron chi connectivity index (χ0n) is 9.79. The van der Waals surface area contributed by atoms with E-state index in [9.17, 15) is 14.9 Å². The van der Waals surface area contributed by atoms with Gasteiger partial charge in [-0.1, -0.05) is 25.4 Å². The van der Waals surface area contributed by atoms with Gasteiger partial charge in [0.1, 0.15) is 10.8 Å². The van der Waals surface area contributed by atoms with E-state index in [-0.39, 0.29) is 22.4 Å². The van der Waals surface area contributed by atoms with Gasteiger partial charge in [0.25, 0.3) is 5.69 Å². The van der Waals surface area contributed by atoms with Gasteiger partial charge in [-0.05, 0) is 6.07 Å². The summed E-state index contributed by atoms with van der Waals surface area (Å²) in [6.45, 7) is 3.40. The maximum absolute atomic E-state index is 10.9. The van der Waals surface area contributed by atoms with Crippen molar-refractivity contribution >= 4 is 23.3 Å². The lowest BCUT2D eigenvalue weighted by Gasteiger charge is -2.18. The van der Waals surface area contributed by atoms with Gasteiger partial charge < -0.3 is 9.84 Å². The summed E-state index contributed by atoms with van der Waals surface area (Å²) in [7, 11) is 0. The molecule has 1 aromatic carbocycles. The van der Waals surface area contributed by atoms with Crippen LogP contribution in [0.2, 0.25) is 5.02 Å². The van der Waals surface area contributed by atoms with E-state index < -0.39 is 17.0 Å². The van der Waals surface area contributed by atoms with Crippen molar-refractivity contribution in [3.63, 3.8) is 0 Å². The maximum atomic E-state index is 10.9. The minimum absolute atomic E-state index is 0.0922. The molecule has 1 unspecified atom stereocenters. The van der Waals surface area contributed by atoms with Crippen LogP contribution in [0.4, 0.5) is 5.69 Å². The number of ether oxygens (including phenoxy) is 1. The number of carbonyl (C=O) groups is 1. The van der Waals surface area contributed by atoms with E-state index in [1.54, 1.807) is 13.8 Å². The lowest BCUT2D eigenvalue weighted by Crippen LogP contribution is -2.32. The first-order valence-electron chi connectivity index (χ1n) is 5.16. The van der Waals surface area contributed by atoms with Crippen molar-refractivity contribution in [1.29, 1.82) is 0 Å². The van der Waals surface area contributed by atoms with Crippen LogP contribution in [0, 0.1) is 16.0 Å². The van der Waals surface area contributed by atoms with Crippen molar-refractivity contribution < 1.29 is 19.6 Å². The van der Waals surface area contributed by atoms with Crippen molar-refractivity contribution in [1.82, 2.24) is 0 Å². The van der Waals surface area contributed by atoms with Gasteiger partial charge in [0.2, 0.25) is 0 Å². The molecule has 0 saturated carbocycles. The van der Waals surface area contributed by atoms with Gasteiger partial charge in [-0.25, -0.2) is 4.79 Å². The second-order valence-corrected chi connectivity index (χ2v) is 4.40. The molecule has 0 heterocycles. The van der Waals surface area contributed by atoms with E-state index >= 15 is 0 Å². The Labute approximate surface area is 108 Å². The average Bonchev–Trinajstić information content (AvgIpc) is 2.24. The zero-order chi connectivity index (χ0) is 13.9. The summed E-state index contributed by atoms with van der Waals surface area (Å²) < 4.78 is 5.25. The van der Waals surface area contributed by atoms with Gasteiger partial charge in [0.15, 0.2) is 6.10 Å². The zero-order valence-corrected chi connectivity index (χ0v) is 10.5. The number of nitrogens with zero attached hydrogens (tertiary/aromatic N) is 1. The van der Waals surface area contributed by atoms with Crippen LogP contribution in [-0.4, -0.2) is 22.1 Å². The lowest BCUT2D eigenvalue weighted by atomic mass is 10.1. The Kier molecular flexibility index (Phi) is 4.49. The molecule has 1 rings (SSSR count). The van der Waals surface area contributed by atoms with E-state index in [2.05, 4.69) is 0 Å². The molecule has 6 nitrogen and oxygen atoms in total. The molecule has 98 valence electrons. The van der Waals surface area contributed by atoms with Crippen LogP contribution < -0.4 is 4.74 Å². The lowest BCUT2D eigenvalue weighted by molar-refractivity contribution is -0.384. The minimum Gasteiger partial charge on any atom is -0.478 e. The number of carboxylic acids is 1. The number of rotatable bonds is 5. The third kappa shape index (κ3) is 3.33. The number of benzene rings is 1. The largest absolute Gasteiger partial charge is 0.478 e. The molecule has 7 heteroatoms. The first-order valence-corrected chi connectivity index (χ1v) is 5.54. The molecule has 1 N–H and O–H groups in total. The summed E-state index contributed by atoms with van der Waals surface area (Å²) in [4.78, 5) is 20.9. The van der Waals surface area contributed by atoms with E-state index in [1.165, 1.54) is 18.2 Å². The number of aliphatic carboxylic acids is 1. The molecule has 0 aliphatic heterocycles. The summed E-state index contributed by atoms with van der Waals surface area (Å²) in [6.07, 6.45) is -1.03. The highest BCUT2D eigenvalue weighted by Crippen LogP contribution is 2.29. The molecule has 1 atom stereocenters. The Hall–Kier alpha value is -1.82. The summed E-state index contributed by atoms with van der Waals surface area (Å²) in [5.74, 6) is -1.15. The normalized spacial score (nSPS) is 12.2. The van der Waals surface area contributed by atoms with Crippen molar-refractivity contribution in [2.75, 3.05) is 0 Å². The van der Waals surface area contributed by atoms with E-state index in [0.717, 1.165) is 0 Å². The highest BCUT2D eigenvalue weighted by molar-refractivity contribution is 6.32. The maximum Gasteiger partial charge on any atom is 0.345 e. The predicted molar refractivity (Wildman–Crippen MR) is 65.0 cm³/mol. The van der Waals surface area contributed by atoms with Crippen molar-refractivity contribution in [3.8, 4) is 5.75 Å². The summed E-state index contributed by atoms with van der Waals surface area (Å²) >= 11 is 5.70. The van der Waals surface area contributed by atoms with Gasteiger partial charge in [0.05, 0.1) is 4.92 Å². The van der Waals surface area contributed by atoms with Crippen molar-refractivity contribution in [3.05, 3.63) is 33.3 Å². The fraction of sp³-hybridized carbons (Fsp3) is 0.364. The fourth-order valence-corrected chi connectivity index (χ4v) is 1.57. The molecule has 1 aromatic rings. The van der Waals surface area contributed by atoms with Crippen LogP contribution in [0.5, 0.6) is 5.75 Å². The third-order valence-electron chi connectivity index (χ3n) is 2.23. The first-order chi connectivity index (χ1) is 8.32. The minimum atomic E-state index is -1.10. The molecular weight excluding hydrogens is 262 g/mol. The molecule has 0 fully saturated rings. The van der Waals surface area contributed by atoms with Gasteiger partial charge in [-0.3, -0.25) is 10.1 Å². The van der Waals surface area contributed by atoms with E-state index in [4.69, 9.17) is 21.4 Å². The Morgan fingerprint density at radius 2 is 2.11 bits per heavy atom. The van der Waals surface area contributed by atoms with Gasteiger partial charge >= 0.3 is 5.97 Å². The SMILES string of the molecule is CC(C)C(Oc1ccc([N+](=O)[O-])c(Cl)c1)C(=O)O. The number of halogens is 1. The van der Waals surface area contributed by atoms with Crippen LogP contribution in [0.1, 0.15) is 13.8 Å². The van der Waals surface area contributed by atoms with E-state index in [1.807, 2.05) is 0 Å². The number of carboxylic acid groups (broad SMARTS) is 1. The Bertz CT molecular complexity index is 475. The van der Waals surface area contributed by atoms with Gasteiger partial charge in [0, 0.05) is 18.1 Å². The van der Waals surface area contributed by atoms with Crippen LogP contribution in [0.15, 0.2) is 18.2 Å². The Morgan fingerprint density at radius 3 is 2.50 bits per heavy atom. The quantitative estimate of drug-likeness (QED) is 0.658. The predicted octanol–water partition coefficient (Wildman–Crippen LogP) is 2.74. The first kappa shape index (κ1) is 14.2. The number of nitro groups is 1. The summed E-state index contributed by atoms with van der Waals surface area (Å²) in [5.41, 5.74) is -0.250. The molecule has 0 spiro atoms. The average molecular weight is 274 g/mol. The van der Waals surface area contributed by atoms with E-state index in [0.29, 0.717) is 0 Å². The second kappa shape index (κ2) is 5.68. The Balaban J connectivity index is 2.95. The molecule has 0 aliphatic carbocycles.